The molecule has 0 spiro atoms. The molecule has 5 rings (SSSR count). The van der Waals surface area contributed by atoms with E-state index in [2.05, 4.69) is 30.5 Å². The van der Waals surface area contributed by atoms with Crippen molar-refractivity contribution in [3.63, 3.8) is 0 Å². The highest BCUT2D eigenvalue weighted by molar-refractivity contribution is 6.32. The fourth-order valence-corrected chi connectivity index (χ4v) is 4.79. The number of nitrogens with zero attached hydrogens (tertiary/aromatic N) is 5. The van der Waals surface area contributed by atoms with Crippen LogP contribution in [0.3, 0.4) is 0 Å². The molecule has 1 amide bonds. The molecule has 3 N–H and O–H groups in total. The van der Waals surface area contributed by atoms with Gasteiger partial charge >= 0.3 is 0 Å². The van der Waals surface area contributed by atoms with Crippen molar-refractivity contribution in [3.8, 4) is 5.75 Å². The molecule has 0 radical (unpaired) electrons. The highest BCUT2D eigenvalue weighted by Crippen LogP contribution is 2.48. The van der Waals surface area contributed by atoms with Crippen molar-refractivity contribution in [2.24, 2.45) is 5.92 Å². The minimum Gasteiger partial charge on any atom is -0.495 e. The van der Waals surface area contributed by atoms with Crippen LogP contribution in [-0.2, 0) is 13.1 Å². The maximum atomic E-state index is 13.0. The van der Waals surface area contributed by atoms with Gasteiger partial charge in [-0.3, -0.25) is 4.79 Å². The number of fused-ring (bicyclic) bond motifs is 1. The number of nitrogens with one attached hydrogen (secondary N) is 2. The second-order valence-corrected chi connectivity index (χ2v) is 9.05. The Morgan fingerprint density at radius 2 is 2.06 bits per heavy atom. The van der Waals surface area contributed by atoms with Gasteiger partial charge in [0, 0.05) is 31.2 Å². The summed E-state index contributed by atoms with van der Waals surface area (Å²) in [5.74, 6) is 2.22. The van der Waals surface area contributed by atoms with Crippen LogP contribution in [-0.4, -0.2) is 56.7 Å². The number of piperidine rings is 1. The predicted octanol–water partition coefficient (Wildman–Crippen LogP) is 2.43. The molecule has 1 aliphatic carbocycles. The minimum absolute atomic E-state index is 0.0121. The second-order valence-electron chi connectivity index (χ2n) is 8.64. The zero-order valence-electron chi connectivity index (χ0n) is 19.2. The normalized spacial score (nSPS) is 20.3. The van der Waals surface area contributed by atoms with Crippen LogP contribution in [0.5, 0.6) is 5.75 Å². The zero-order valence-corrected chi connectivity index (χ0v) is 19.9. The lowest BCUT2D eigenvalue weighted by Crippen LogP contribution is -2.37. The van der Waals surface area contributed by atoms with Crippen molar-refractivity contribution in [2.75, 3.05) is 23.9 Å². The van der Waals surface area contributed by atoms with Gasteiger partial charge in [0.05, 0.1) is 31.3 Å². The van der Waals surface area contributed by atoms with E-state index in [0.29, 0.717) is 52.4 Å². The monoisotopic (exact) mass is 495 g/mol. The molecule has 3 aromatic rings. The number of anilines is 2. The molecule has 35 heavy (non-hydrogen) atoms. The molecule has 1 aliphatic heterocycles. The molecule has 2 aromatic heterocycles. The molecule has 3 heterocycles. The Kier molecular flexibility index (Phi) is 6.65. The van der Waals surface area contributed by atoms with Crippen LogP contribution in [0.2, 0.25) is 5.02 Å². The molecule has 3 unspecified atom stereocenters. The maximum absolute atomic E-state index is 13.0. The number of aromatic nitrogens is 4. The summed E-state index contributed by atoms with van der Waals surface area (Å²) in [6, 6.07) is 7.54. The van der Waals surface area contributed by atoms with Gasteiger partial charge in [-0.2, -0.15) is 4.98 Å². The van der Waals surface area contributed by atoms with E-state index in [1.165, 1.54) is 6.20 Å². The first-order valence-electron chi connectivity index (χ1n) is 11.4. The van der Waals surface area contributed by atoms with Crippen molar-refractivity contribution < 1.29 is 14.6 Å². The Morgan fingerprint density at radius 3 is 2.80 bits per heavy atom. The first-order chi connectivity index (χ1) is 17.1. The molecule has 2 fully saturated rings. The molecule has 3 atom stereocenters. The van der Waals surface area contributed by atoms with Gasteiger partial charge in [0.2, 0.25) is 5.95 Å². The van der Waals surface area contributed by atoms with E-state index in [4.69, 9.17) is 21.3 Å². The molecule has 11 heteroatoms. The average molecular weight is 496 g/mol. The summed E-state index contributed by atoms with van der Waals surface area (Å²) in [4.78, 5) is 32.6. The number of methoxy groups -OCH3 is 1. The largest absolute Gasteiger partial charge is 0.495 e. The highest BCUT2D eigenvalue weighted by Gasteiger charge is 2.52. The molecule has 182 valence electrons. The molecule has 10 nitrogen and oxygen atoms in total. The topological polar surface area (TPSA) is 125 Å². The number of hydrogen-bond donors (Lipinski definition) is 3. The third kappa shape index (κ3) is 4.98. The average Bonchev–Trinajstić information content (AvgIpc) is 3.55. The van der Waals surface area contributed by atoms with Gasteiger partial charge in [0.15, 0.2) is 0 Å². The van der Waals surface area contributed by atoms with Gasteiger partial charge in [0.25, 0.3) is 5.91 Å². The van der Waals surface area contributed by atoms with E-state index in [0.717, 1.165) is 18.4 Å². The number of hydrogen-bond acceptors (Lipinski definition) is 9. The van der Waals surface area contributed by atoms with E-state index in [9.17, 15) is 9.90 Å². The van der Waals surface area contributed by atoms with Crippen LogP contribution < -0.4 is 20.3 Å². The van der Waals surface area contributed by atoms with E-state index in [1.54, 1.807) is 37.7 Å². The van der Waals surface area contributed by atoms with Crippen LogP contribution in [0, 0.1) is 5.92 Å². The van der Waals surface area contributed by atoms with Crippen LogP contribution in [0.4, 0.5) is 11.8 Å². The van der Waals surface area contributed by atoms with Crippen molar-refractivity contribution in [2.45, 2.75) is 38.0 Å². The van der Waals surface area contributed by atoms with Gasteiger partial charge in [-0.15, -0.1) is 0 Å². The third-order valence-electron chi connectivity index (χ3n) is 6.38. The molecular formula is C24H26ClN7O3. The maximum Gasteiger partial charge on any atom is 0.256 e. The van der Waals surface area contributed by atoms with Crippen LogP contribution in [0.15, 0.2) is 42.9 Å². The second kappa shape index (κ2) is 10.0. The number of benzene rings is 1. The quantitative estimate of drug-likeness (QED) is 0.410. The minimum atomic E-state index is -0.344. The van der Waals surface area contributed by atoms with Gasteiger partial charge in [-0.25, -0.2) is 15.0 Å². The van der Waals surface area contributed by atoms with E-state index >= 15 is 0 Å². The SMILES string of the molecule is COc1ccc(CNc2nc(N3C(CO)CC4CC43)ncc2C(=O)NCc2ncccn2)cc1Cl. The summed E-state index contributed by atoms with van der Waals surface area (Å²) in [7, 11) is 1.56. The Hall–Kier alpha value is -3.50. The standard InChI is InChI=1S/C24H26ClN7O3/c1-35-20-4-3-14(7-18(20)25)10-28-22-17(23(34)29-12-21-26-5-2-6-27-21)11-30-24(31-22)32-16(13-33)8-15-9-19(15)32/h2-7,11,15-16,19,33H,8-10,12-13H2,1H3,(H,29,34)(H,28,30,31). The van der Waals surface area contributed by atoms with Crippen molar-refractivity contribution in [1.82, 2.24) is 25.3 Å². The number of halogens is 1. The Morgan fingerprint density at radius 1 is 1.23 bits per heavy atom. The fraction of sp³-hybridized carbons (Fsp3) is 0.375. The number of aliphatic hydroxyl groups excluding tert-OH is 1. The summed E-state index contributed by atoms with van der Waals surface area (Å²) < 4.78 is 5.22. The molecule has 2 aliphatic rings. The number of carbonyl (C=O) groups excluding carboxylic acids is 1. The van der Waals surface area contributed by atoms with Gasteiger partial charge < -0.3 is 25.4 Å². The first kappa shape index (κ1) is 23.3. The smallest absolute Gasteiger partial charge is 0.256 e. The number of ether oxygens (including phenoxy) is 1. The fourth-order valence-electron chi connectivity index (χ4n) is 4.51. The van der Waals surface area contributed by atoms with Crippen LogP contribution in [0.25, 0.3) is 0 Å². The van der Waals surface area contributed by atoms with E-state index in [-0.39, 0.29) is 25.1 Å². The number of amides is 1. The third-order valence-corrected chi connectivity index (χ3v) is 6.67. The lowest BCUT2D eigenvalue weighted by Gasteiger charge is -2.26. The molecule has 1 aromatic carbocycles. The number of aliphatic hydroxyl groups is 1. The van der Waals surface area contributed by atoms with Crippen LogP contribution >= 0.6 is 11.6 Å². The Bertz CT molecular complexity index is 1210. The summed E-state index contributed by atoms with van der Waals surface area (Å²) in [5, 5.41) is 16.4. The lowest BCUT2D eigenvalue weighted by molar-refractivity contribution is 0.0950. The Labute approximate surface area is 207 Å². The number of rotatable bonds is 9. The van der Waals surface area contributed by atoms with Gasteiger partial charge in [-0.1, -0.05) is 17.7 Å². The van der Waals surface area contributed by atoms with E-state index in [1.807, 2.05) is 6.07 Å². The first-order valence-corrected chi connectivity index (χ1v) is 11.8. The molecule has 1 saturated carbocycles. The highest BCUT2D eigenvalue weighted by atomic mass is 35.5. The van der Waals surface area contributed by atoms with Crippen molar-refractivity contribution in [3.05, 3.63) is 64.8 Å². The Balaban J connectivity index is 1.39. The van der Waals surface area contributed by atoms with Gasteiger partial charge in [0.1, 0.15) is 23.0 Å². The molecule has 0 bridgehead atoms. The van der Waals surface area contributed by atoms with E-state index < -0.39 is 0 Å². The molecular weight excluding hydrogens is 470 g/mol. The van der Waals surface area contributed by atoms with Crippen molar-refractivity contribution >= 4 is 29.3 Å². The van der Waals surface area contributed by atoms with Crippen molar-refractivity contribution in [1.29, 1.82) is 0 Å². The number of carbonyl (C=O) groups is 1. The zero-order chi connectivity index (χ0) is 24.4. The van der Waals surface area contributed by atoms with Crippen LogP contribution in [0.1, 0.15) is 34.6 Å². The predicted molar refractivity (Wildman–Crippen MR) is 130 cm³/mol. The van der Waals surface area contributed by atoms with Gasteiger partial charge in [-0.05, 0) is 42.5 Å². The summed E-state index contributed by atoms with van der Waals surface area (Å²) in [6.07, 6.45) is 6.77. The summed E-state index contributed by atoms with van der Waals surface area (Å²) in [6.45, 7) is 0.609. The summed E-state index contributed by atoms with van der Waals surface area (Å²) >= 11 is 6.27. The lowest BCUT2D eigenvalue weighted by atomic mass is 10.2. The molecule has 1 saturated heterocycles. The summed E-state index contributed by atoms with van der Waals surface area (Å²) in [5.41, 5.74) is 1.20.